The lowest BCUT2D eigenvalue weighted by Crippen LogP contribution is -2.38. The van der Waals surface area contributed by atoms with Crippen LogP contribution in [-0.4, -0.2) is 52.9 Å². The zero-order valence-electron chi connectivity index (χ0n) is 14.5. The molecule has 2 aliphatic carbocycles. The molecule has 25 heavy (non-hydrogen) atoms. The number of hydrogen-bond donors (Lipinski definition) is 1. The molecule has 2 heterocycles. The number of nitrogens with zero attached hydrogens (tertiary/aromatic N) is 3. The van der Waals surface area contributed by atoms with Crippen LogP contribution in [0, 0.1) is 12.8 Å². The topological polar surface area (TPSA) is 92.5 Å². The van der Waals surface area contributed by atoms with E-state index in [0.29, 0.717) is 6.04 Å². The van der Waals surface area contributed by atoms with Gasteiger partial charge in [-0.2, -0.15) is 5.10 Å². The molecule has 3 aliphatic rings. The summed E-state index contributed by atoms with van der Waals surface area (Å²) in [5.74, 6) is 0.297. The molecule has 0 spiro atoms. The fourth-order valence-electron chi connectivity index (χ4n) is 3.91. The molecule has 0 bridgehead atoms. The molecule has 0 radical (unpaired) electrons. The average Bonchev–Trinajstić information content (AvgIpc) is 3.02. The van der Waals surface area contributed by atoms with E-state index >= 15 is 0 Å². The molecular weight excluding hydrogens is 342 g/mol. The Balaban J connectivity index is 1.62. The van der Waals surface area contributed by atoms with Crippen molar-refractivity contribution in [3.63, 3.8) is 0 Å². The van der Waals surface area contributed by atoms with E-state index in [-0.39, 0.29) is 24.6 Å². The van der Waals surface area contributed by atoms with Crippen LogP contribution in [0.1, 0.15) is 50.3 Å². The summed E-state index contributed by atoms with van der Waals surface area (Å²) in [5, 5.41) is 13.6. The van der Waals surface area contributed by atoms with Crippen molar-refractivity contribution in [3.8, 4) is 0 Å². The summed E-state index contributed by atoms with van der Waals surface area (Å²) in [7, 11) is -3.26. The molecule has 1 saturated heterocycles. The normalized spacial score (nSPS) is 27.5. The Morgan fingerprint density at radius 1 is 1.32 bits per heavy atom. The Bertz CT molecular complexity index is 780. The SMILES string of the molecule is Cc1cc(N2C[C@H](S(=O)(=O)CC3CC3)C[C@H]2C(=O)O)n(C2CCC2)n1. The highest BCUT2D eigenvalue weighted by molar-refractivity contribution is 7.92. The van der Waals surface area contributed by atoms with Crippen LogP contribution in [0.2, 0.25) is 0 Å². The molecule has 2 saturated carbocycles. The summed E-state index contributed by atoms with van der Waals surface area (Å²) in [4.78, 5) is 13.6. The van der Waals surface area contributed by atoms with E-state index in [4.69, 9.17) is 0 Å². The predicted molar refractivity (Wildman–Crippen MR) is 93.5 cm³/mol. The first-order valence-corrected chi connectivity index (χ1v) is 10.8. The smallest absolute Gasteiger partial charge is 0.326 e. The van der Waals surface area contributed by atoms with Gasteiger partial charge in [0.2, 0.25) is 0 Å². The van der Waals surface area contributed by atoms with Crippen LogP contribution in [0.3, 0.4) is 0 Å². The second kappa shape index (κ2) is 6.00. The molecule has 2 atom stereocenters. The van der Waals surface area contributed by atoms with Gasteiger partial charge in [0.05, 0.1) is 22.7 Å². The van der Waals surface area contributed by atoms with E-state index in [9.17, 15) is 18.3 Å². The van der Waals surface area contributed by atoms with Crippen molar-refractivity contribution in [1.82, 2.24) is 9.78 Å². The fourth-order valence-corrected chi connectivity index (χ4v) is 6.04. The van der Waals surface area contributed by atoms with Gasteiger partial charge in [0, 0.05) is 12.6 Å². The number of aromatic nitrogens is 2. The molecule has 1 aromatic heterocycles. The number of anilines is 1. The van der Waals surface area contributed by atoms with Crippen LogP contribution in [-0.2, 0) is 14.6 Å². The van der Waals surface area contributed by atoms with Gasteiger partial charge in [-0.3, -0.25) is 0 Å². The van der Waals surface area contributed by atoms with Gasteiger partial charge in [0.15, 0.2) is 9.84 Å². The largest absolute Gasteiger partial charge is 0.480 e. The summed E-state index contributed by atoms with van der Waals surface area (Å²) in [6.45, 7) is 2.15. The molecule has 3 fully saturated rings. The third-order valence-corrected chi connectivity index (χ3v) is 8.07. The highest BCUT2D eigenvalue weighted by Gasteiger charge is 2.45. The lowest BCUT2D eigenvalue weighted by Gasteiger charge is -2.31. The molecule has 1 aromatic rings. The highest BCUT2D eigenvalue weighted by atomic mass is 32.2. The molecule has 4 rings (SSSR count). The van der Waals surface area contributed by atoms with Gasteiger partial charge in [-0.15, -0.1) is 0 Å². The second-order valence-corrected chi connectivity index (χ2v) is 10.1. The lowest BCUT2D eigenvalue weighted by molar-refractivity contribution is -0.138. The second-order valence-electron chi connectivity index (χ2n) is 7.81. The van der Waals surface area contributed by atoms with E-state index in [1.54, 1.807) is 4.90 Å². The number of carboxylic acids is 1. The summed E-state index contributed by atoms with van der Waals surface area (Å²) in [6.07, 6.45) is 5.37. The predicted octanol–water partition coefficient (Wildman–Crippen LogP) is 1.77. The van der Waals surface area contributed by atoms with E-state index in [1.807, 2.05) is 17.7 Å². The third-order valence-electron chi connectivity index (χ3n) is 5.77. The molecule has 1 N–H and O–H groups in total. The number of carboxylic acid groups (broad SMARTS) is 1. The molecule has 8 heteroatoms. The number of sulfone groups is 1. The quantitative estimate of drug-likeness (QED) is 0.824. The maximum absolute atomic E-state index is 12.7. The first-order chi connectivity index (χ1) is 11.8. The number of hydrogen-bond acceptors (Lipinski definition) is 5. The van der Waals surface area contributed by atoms with Gasteiger partial charge in [-0.1, -0.05) is 0 Å². The zero-order valence-corrected chi connectivity index (χ0v) is 15.3. The molecule has 1 aliphatic heterocycles. The fraction of sp³-hybridized carbons (Fsp3) is 0.765. The Hall–Kier alpha value is -1.57. The maximum atomic E-state index is 12.7. The molecular formula is C17H25N3O4S. The van der Waals surface area contributed by atoms with Crippen LogP contribution in [0.4, 0.5) is 5.82 Å². The molecule has 138 valence electrons. The molecule has 0 unspecified atom stereocenters. The van der Waals surface area contributed by atoms with Crippen molar-refractivity contribution >= 4 is 21.6 Å². The van der Waals surface area contributed by atoms with Crippen molar-refractivity contribution in [3.05, 3.63) is 11.8 Å². The number of rotatable bonds is 6. The minimum absolute atomic E-state index is 0.166. The summed E-state index contributed by atoms with van der Waals surface area (Å²) < 4.78 is 27.3. The summed E-state index contributed by atoms with van der Waals surface area (Å²) in [6, 6.07) is 1.40. The van der Waals surface area contributed by atoms with Crippen LogP contribution in [0.15, 0.2) is 6.07 Å². The Morgan fingerprint density at radius 3 is 2.60 bits per heavy atom. The van der Waals surface area contributed by atoms with Gasteiger partial charge in [0.1, 0.15) is 11.9 Å². The molecule has 0 aromatic carbocycles. The van der Waals surface area contributed by atoms with E-state index in [2.05, 4.69) is 5.10 Å². The van der Waals surface area contributed by atoms with Gasteiger partial charge < -0.3 is 10.0 Å². The van der Waals surface area contributed by atoms with Gasteiger partial charge in [0.25, 0.3) is 0 Å². The van der Waals surface area contributed by atoms with Crippen molar-refractivity contribution in [2.75, 3.05) is 17.2 Å². The van der Waals surface area contributed by atoms with Crippen LogP contribution >= 0.6 is 0 Å². The van der Waals surface area contributed by atoms with Crippen molar-refractivity contribution < 1.29 is 18.3 Å². The van der Waals surface area contributed by atoms with Crippen molar-refractivity contribution in [2.45, 2.75) is 62.8 Å². The van der Waals surface area contributed by atoms with E-state index in [1.165, 1.54) is 0 Å². The standard InChI is InChI=1S/C17H25N3O4S/c1-11-7-16(20(18-11)13-3-2-4-13)19-9-14(8-15(19)17(21)22)25(23,24)10-12-5-6-12/h7,12-15H,2-6,8-10H2,1H3,(H,21,22)/t14-,15+/m1/s1. The van der Waals surface area contributed by atoms with Crippen LogP contribution in [0.25, 0.3) is 0 Å². The minimum atomic E-state index is -3.26. The first kappa shape index (κ1) is 16.9. The Morgan fingerprint density at radius 2 is 2.04 bits per heavy atom. The monoisotopic (exact) mass is 367 g/mol. The van der Waals surface area contributed by atoms with Crippen molar-refractivity contribution in [1.29, 1.82) is 0 Å². The maximum Gasteiger partial charge on any atom is 0.326 e. The summed E-state index contributed by atoms with van der Waals surface area (Å²) >= 11 is 0. The number of aryl methyl sites for hydroxylation is 1. The average molecular weight is 367 g/mol. The highest BCUT2D eigenvalue weighted by Crippen LogP contribution is 2.39. The van der Waals surface area contributed by atoms with Gasteiger partial charge in [-0.05, 0) is 51.4 Å². The zero-order chi connectivity index (χ0) is 17.8. The van der Waals surface area contributed by atoms with Crippen LogP contribution < -0.4 is 4.90 Å². The number of carbonyl (C=O) groups is 1. The summed E-state index contributed by atoms with van der Waals surface area (Å²) in [5.41, 5.74) is 0.843. The van der Waals surface area contributed by atoms with Crippen molar-refractivity contribution in [2.24, 2.45) is 5.92 Å². The Labute approximate surface area is 147 Å². The van der Waals surface area contributed by atoms with Crippen LogP contribution in [0.5, 0.6) is 0 Å². The van der Waals surface area contributed by atoms with E-state index < -0.39 is 27.1 Å². The van der Waals surface area contributed by atoms with Gasteiger partial charge in [-0.25, -0.2) is 17.9 Å². The Kier molecular flexibility index (Phi) is 4.05. The third kappa shape index (κ3) is 3.16. The van der Waals surface area contributed by atoms with Gasteiger partial charge >= 0.3 is 5.97 Å². The minimum Gasteiger partial charge on any atom is -0.480 e. The lowest BCUT2D eigenvalue weighted by atomic mass is 9.93. The van der Waals surface area contributed by atoms with E-state index in [0.717, 1.165) is 43.6 Å². The molecule has 7 nitrogen and oxygen atoms in total. The number of aliphatic carboxylic acids is 1. The first-order valence-electron chi connectivity index (χ1n) is 9.12. The molecule has 0 amide bonds.